The van der Waals surface area contributed by atoms with E-state index in [1.807, 2.05) is 13.8 Å². The Hall–Kier alpha value is -4.79. The van der Waals surface area contributed by atoms with Crippen LogP contribution in [-0.4, -0.2) is 35.7 Å². The van der Waals surface area contributed by atoms with E-state index in [1.165, 1.54) is 30.3 Å². The van der Waals surface area contributed by atoms with Gasteiger partial charge in [-0.05, 0) is 71.4 Å². The zero-order valence-electron chi connectivity index (χ0n) is 22.4. The SMILES string of the molecule is C[C@@H]1Cc2c(O)cc(O)cc2OC1c1cc(O)c(O)c2c(=O)c(O)cc([C@H]3Cc4cc(O)cc(O)c4C[C@H]3C)cc12. The van der Waals surface area contributed by atoms with Gasteiger partial charge in [-0.3, -0.25) is 4.79 Å². The summed E-state index contributed by atoms with van der Waals surface area (Å²) in [7, 11) is 0. The highest BCUT2D eigenvalue weighted by atomic mass is 16.5. The zero-order valence-corrected chi connectivity index (χ0v) is 22.4. The molecule has 0 amide bonds. The minimum absolute atomic E-state index is 0.0162. The molecule has 1 heterocycles. The number of rotatable bonds is 2. The standard InChI is InChI=1S/C32H30O9/c1-13-3-20-15(5-17(33)9-24(20)35)6-19(13)16-7-21-22(12-27(38)31(40)29(21)30(39)26(37)8-16)32-14(2)4-23-25(36)10-18(34)11-28(23)41-32/h5,7-14,19,32-36,38,40H,3-4,6H2,1-2H3,(H,37,39)/t13-,14-,19+,32?/m1/s1. The van der Waals surface area contributed by atoms with Crippen molar-refractivity contribution in [2.24, 2.45) is 11.8 Å². The molecule has 41 heavy (non-hydrogen) atoms. The Labute approximate surface area is 234 Å². The van der Waals surface area contributed by atoms with Crippen LogP contribution in [0.3, 0.4) is 0 Å². The van der Waals surface area contributed by atoms with Crippen LogP contribution in [0.15, 0.2) is 47.3 Å². The average molecular weight is 559 g/mol. The van der Waals surface area contributed by atoms with E-state index in [4.69, 9.17) is 4.74 Å². The number of hydrogen-bond donors (Lipinski definition) is 7. The van der Waals surface area contributed by atoms with Gasteiger partial charge in [-0.15, -0.1) is 0 Å². The van der Waals surface area contributed by atoms with Crippen molar-refractivity contribution >= 4 is 10.8 Å². The maximum Gasteiger partial charge on any atom is 0.231 e. The topological polar surface area (TPSA) is 168 Å². The molecule has 212 valence electrons. The van der Waals surface area contributed by atoms with E-state index in [1.54, 1.807) is 12.1 Å². The summed E-state index contributed by atoms with van der Waals surface area (Å²) >= 11 is 0. The molecule has 6 rings (SSSR count). The van der Waals surface area contributed by atoms with Gasteiger partial charge < -0.3 is 40.5 Å². The Bertz CT molecular complexity index is 1800. The second kappa shape index (κ2) is 9.40. The molecule has 9 nitrogen and oxygen atoms in total. The third-order valence-electron chi connectivity index (χ3n) is 8.58. The second-order valence-electron chi connectivity index (χ2n) is 11.4. The van der Waals surface area contributed by atoms with Crippen molar-refractivity contribution in [3.63, 3.8) is 0 Å². The van der Waals surface area contributed by atoms with Crippen molar-refractivity contribution in [1.82, 2.24) is 0 Å². The van der Waals surface area contributed by atoms with Crippen LogP contribution in [0.5, 0.6) is 46.0 Å². The maximum absolute atomic E-state index is 13.4. The van der Waals surface area contributed by atoms with Crippen molar-refractivity contribution in [3.05, 3.63) is 80.5 Å². The highest BCUT2D eigenvalue weighted by Crippen LogP contribution is 2.48. The fourth-order valence-electron chi connectivity index (χ4n) is 6.53. The van der Waals surface area contributed by atoms with Gasteiger partial charge in [0, 0.05) is 35.2 Å². The molecule has 0 spiro atoms. The molecule has 4 atom stereocenters. The summed E-state index contributed by atoms with van der Waals surface area (Å²) in [6, 6.07) is 9.95. The van der Waals surface area contributed by atoms with Crippen LogP contribution < -0.4 is 10.2 Å². The molecular formula is C32H30O9. The van der Waals surface area contributed by atoms with E-state index >= 15 is 0 Å². The molecule has 0 bridgehead atoms. The highest BCUT2D eigenvalue weighted by molar-refractivity contribution is 5.94. The molecule has 7 N–H and O–H groups in total. The molecule has 4 aromatic carbocycles. The first kappa shape index (κ1) is 26.4. The molecule has 1 unspecified atom stereocenters. The first-order valence-electron chi connectivity index (χ1n) is 13.4. The number of aromatic hydroxyl groups is 7. The number of phenolic OH excluding ortho intramolecular Hbond substituents is 6. The van der Waals surface area contributed by atoms with Gasteiger partial charge in [-0.25, -0.2) is 0 Å². The second-order valence-corrected chi connectivity index (χ2v) is 11.4. The van der Waals surface area contributed by atoms with E-state index < -0.39 is 28.8 Å². The van der Waals surface area contributed by atoms with E-state index in [9.17, 15) is 40.5 Å². The Morgan fingerprint density at radius 1 is 0.683 bits per heavy atom. The molecule has 0 saturated carbocycles. The van der Waals surface area contributed by atoms with Crippen LogP contribution in [0.1, 0.15) is 53.7 Å². The van der Waals surface area contributed by atoms with Crippen molar-refractivity contribution in [2.75, 3.05) is 0 Å². The van der Waals surface area contributed by atoms with Gasteiger partial charge in [0.05, 0.1) is 5.39 Å². The van der Waals surface area contributed by atoms with Crippen molar-refractivity contribution in [3.8, 4) is 46.0 Å². The monoisotopic (exact) mass is 558 g/mol. The molecule has 9 heteroatoms. The quantitative estimate of drug-likeness (QED) is 0.168. The van der Waals surface area contributed by atoms with Gasteiger partial charge in [-0.1, -0.05) is 19.9 Å². The van der Waals surface area contributed by atoms with E-state index in [-0.39, 0.29) is 57.3 Å². The Morgan fingerprint density at radius 3 is 2.07 bits per heavy atom. The minimum Gasteiger partial charge on any atom is -0.508 e. The Morgan fingerprint density at radius 2 is 1.34 bits per heavy atom. The third kappa shape index (κ3) is 4.28. The van der Waals surface area contributed by atoms with E-state index in [2.05, 4.69) is 0 Å². The maximum atomic E-state index is 13.4. The first-order chi connectivity index (χ1) is 19.4. The fraction of sp³-hybridized carbons (Fsp3) is 0.281. The van der Waals surface area contributed by atoms with Gasteiger partial charge in [0.15, 0.2) is 17.2 Å². The molecule has 0 saturated heterocycles. The van der Waals surface area contributed by atoms with Crippen LogP contribution >= 0.6 is 0 Å². The summed E-state index contributed by atoms with van der Waals surface area (Å²) in [5, 5.41) is 73.2. The minimum atomic E-state index is -0.862. The molecule has 4 aromatic rings. The number of phenols is 6. The number of ether oxygens (including phenoxy) is 1. The molecule has 0 aromatic heterocycles. The molecule has 1 aliphatic heterocycles. The van der Waals surface area contributed by atoms with Gasteiger partial charge in [0.2, 0.25) is 5.43 Å². The lowest BCUT2D eigenvalue weighted by atomic mass is 9.73. The third-order valence-corrected chi connectivity index (χ3v) is 8.58. The van der Waals surface area contributed by atoms with Gasteiger partial charge in [0.25, 0.3) is 0 Å². The van der Waals surface area contributed by atoms with Crippen molar-refractivity contribution < 1.29 is 40.5 Å². The molecule has 1 aliphatic carbocycles. The summed E-state index contributed by atoms with van der Waals surface area (Å²) in [6.45, 7) is 3.88. The van der Waals surface area contributed by atoms with Crippen LogP contribution in [-0.2, 0) is 19.3 Å². The lowest BCUT2D eigenvalue weighted by Gasteiger charge is -2.33. The normalized spacial score (nSPS) is 21.6. The van der Waals surface area contributed by atoms with Crippen LogP contribution in [0.4, 0.5) is 0 Å². The van der Waals surface area contributed by atoms with E-state index in [0.29, 0.717) is 36.0 Å². The lowest BCUT2D eigenvalue weighted by Crippen LogP contribution is -2.24. The molecule has 0 radical (unpaired) electrons. The highest BCUT2D eigenvalue weighted by Gasteiger charge is 2.34. The molecule has 0 fully saturated rings. The summed E-state index contributed by atoms with van der Waals surface area (Å²) in [5.74, 6) is -2.40. The predicted octanol–water partition coefficient (Wildman–Crippen LogP) is 4.97. The number of benzene rings is 3. The molecular weight excluding hydrogens is 528 g/mol. The van der Waals surface area contributed by atoms with Crippen LogP contribution in [0, 0.1) is 11.8 Å². The van der Waals surface area contributed by atoms with Crippen molar-refractivity contribution in [2.45, 2.75) is 45.1 Å². The number of fused-ring (bicyclic) bond motifs is 3. The molecule has 2 aliphatic rings. The lowest BCUT2D eigenvalue weighted by molar-refractivity contribution is 0.122. The van der Waals surface area contributed by atoms with Gasteiger partial charge in [-0.2, -0.15) is 0 Å². The van der Waals surface area contributed by atoms with Gasteiger partial charge in [0.1, 0.15) is 34.9 Å². The van der Waals surface area contributed by atoms with Crippen molar-refractivity contribution in [1.29, 1.82) is 0 Å². The smallest absolute Gasteiger partial charge is 0.231 e. The van der Waals surface area contributed by atoms with E-state index in [0.717, 1.165) is 11.1 Å². The van der Waals surface area contributed by atoms with Gasteiger partial charge >= 0.3 is 0 Å². The Balaban J connectivity index is 1.56. The Kier molecular flexibility index (Phi) is 6.06. The largest absolute Gasteiger partial charge is 0.508 e. The predicted molar refractivity (Wildman–Crippen MR) is 150 cm³/mol. The summed E-state index contributed by atoms with van der Waals surface area (Å²) < 4.78 is 6.24. The summed E-state index contributed by atoms with van der Waals surface area (Å²) in [6.07, 6.45) is 0.547. The fourth-order valence-corrected chi connectivity index (χ4v) is 6.53. The zero-order chi connectivity index (χ0) is 29.3. The van der Waals surface area contributed by atoms with Crippen LogP contribution in [0.25, 0.3) is 10.8 Å². The average Bonchev–Trinajstić information content (AvgIpc) is 3.03. The summed E-state index contributed by atoms with van der Waals surface area (Å²) in [5.41, 5.74) is 2.14. The van der Waals surface area contributed by atoms with Crippen LogP contribution in [0.2, 0.25) is 0 Å². The first-order valence-corrected chi connectivity index (χ1v) is 13.4. The summed E-state index contributed by atoms with van der Waals surface area (Å²) in [4.78, 5) is 13.4. The number of hydrogen-bond acceptors (Lipinski definition) is 9.